The molecule has 1 fully saturated rings. The molecule has 0 bridgehead atoms. The third-order valence-corrected chi connectivity index (χ3v) is 5.70. The molecule has 25 heavy (non-hydrogen) atoms. The molecule has 1 amide bonds. The molecule has 0 radical (unpaired) electrons. The lowest BCUT2D eigenvalue weighted by molar-refractivity contribution is 0.0723. The molecule has 134 valence electrons. The molecular weight excluding hydrogens is 391 g/mol. The number of morpholine rings is 1. The van der Waals surface area contributed by atoms with Gasteiger partial charge in [0.1, 0.15) is 0 Å². The van der Waals surface area contributed by atoms with Crippen molar-refractivity contribution in [2.45, 2.75) is 5.09 Å². The Morgan fingerprint density at radius 3 is 2.36 bits per heavy atom. The van der Waals surface area contributed by atoms with Gasteiger partial charge in [-0.25, -0.2) is 8.42 Å². The standard InChI is InChI=1S/C15H14Cl2N2O5S/c16-10-7-11(17)9-12(8-10)18-15(20)13-1-2-14(24-13)25(21,22)19-3-5-23-6-4-19/h1-2,7-9H,3-6H2,(H,18,20). The van der Waals surface area contributed by atoms with Crippen LogP contribution < -0.4 is 5.32 Å². The summed E-state index contributed by atoms with van der Waals surface area (Å²) < 4.78 is 36.6. The van der Waals surface area contributed by atoms with Crippen LogP contribution in [-0.4, -0.2) is 44.9 Å². The number of anilines is 1. The topological polar surface area (TPSA) is 88.9 Å². The van der Waals surface area contributed by atoms with Gasteiger partial charge in [0.15, 0.2) is 5.76 Å². The highest BCUT2D eigenvalue weighted by molar-refractivity contribution is 7.89. The van der Waals surface area contributed by atoms with E-state index in [1.807, 2.05) is 0 Å². The highest BCUT2D eigenvalue weighted by atomic mass is 35.5. The van der Waals surface area contributed by atoms with Gasteiger partial charge in [-0.05, 0) is 30.3 Å². The first-order chi connectivity index (χ1) is 11.9. The van der Waals surface area contributed by atoms with Crippen LogP contribution in [-0.2, 0) is 14.8 Å². The largest absolute Gasteiger partial charge is 0.438 e. The normalized spacial score (nSPS) is 15.9. The number of nitrogens with zero attached hydrogens (tertiary/aromatic N) is 1. The molecule has 0 spiro atoms. The summed E-state index contributed by atoms with van der Waals surface area (Å²) in [7, 11) is -3.80. The van der Waals surface area contributed by atoms with Crippen molar-refractivity contribution in [2.75, 3.05) is 31.6 Å². The Balaban J connectivity index is 1.77. The molecule has 1 N–H and O–H groups in total. The van der Waals surface area contributed by atoms with E-state index in [-0.39, 0.29) is 23.9 Å². The van der Waals surface area contributed by atoms with Gasteiger partial charge in [0.25, 0.3) is 15.9 Å². The number of furan rings is 1. The zero-order chi connectivity index (χ0) is 18.0. The lowest BCUT2D eigenvalue weighted by atomic mass is 10.3. The van der Waals surface area contributed by atoms with Crippen LogP contribution >= 0.6 is 23.2 Å². The van der Waals surface area contributed by atoms with Gasteiger partial charge in [0.05, 0.1) is 13.2 Å². The van der Waals surface area contributed by atoms with Crippen LogP contribution in [0.4, 0.5) is 5.69 Å². The number of benzene rings is 1. The first-order valence-electron chi connectivity index (χ1n) is 7.31. The summed E-state index contributed by atoms with van der Waals surface area (Å²) in [6.45, 7) is 1.13. The van der Waals surface area contributed by atoms with Crippen molar-refractivity contribution in [1.82, 2.24) is 4.31 Å². The summed E-state index contributed by atoms with van der Waals surface area (Å²) >= 11 is 11.8. The Morgan fingerprint density at radius 1 is 1.08 bits per heavy atom. The van der Waals surface area contributed by atoms with Gasteiger partial charge >= 0.3 is 0 Å². The zero-order valence-electron chi connectivity index (χ0n) is 12.9. The van der Waals surface area contributed by atoms with Gasteiger partial charge in [-0.15, -0.1) is 0 Å². The summed E-state index contributed by atoms with van der Waals surface area (Å²) in [5.41, 5.74) is 0.372. The molecule has 3 rings (SSSR count). The summed E-state index contributed by atoms with van der Waals surface area (Å²) in [6, 6.07) is 7.11. The lowest BCUT2D eigenvalue weighted by Crippen LogP contribution is -2.40. The predicted octanol–water partition coefficient (Wildman–Crippen LogP) is 2.86. The average Bonchev–Trinajstić information content (AvgIpc) is 3.05. The molecular formula is C15H14Cl2N2O5S. The Hall–Kier alpha value is -1.58. The number of sulfonamides is 1. The van der Waals surface area contributed by atoms with E-state index in [9.17, 15) is 13.2 Å². The van der Waals surface area contributed by atoms with Gasteiger partial charge in [-0.3, -0.25) is 4.79 Å². The Bertz CT molecular complexity index is 871. The zero-order valence-corrected chi connectivity index (χ0v) is 15.2. The van der Waals surface area contributed by atoms with Crippen LogP contribution in [0, 0.1) is 0 Å². The van der Waals surface area contributed by atoms with Gasteiger partial charge < -0.3 is 14.5 Å². The van der Waals surface area contributed by atoms with Crippen LogP contribution in [0.3, 0.4) is 0 Å². The number of nitrogens with one attached hydrogen (secondary N) is 1. The summed E-state index contributed by atoms with van der Waals surface area (Å²) in [6.07, 6.45) is 0. The fourth-order valence-electron chi connectivity index (χ4n) is 2.31. The van der Waals surface area contributed by atoms with Crippen molar-refractivity contribution in [3.63, 3.8) is 0 Å². The van der Waals surface area contributed by atoms with Crippen LogP contribution in [0.15, 0.2) is 39.8 Å². The van der Waals surface area contributed by atoms with E-state index in [0.717, 1.165) is 0 Å². The molecule has 2 heterocycles. The number of ether oxygens (including phenoxy) is 1. The molecule has 0 unspecified atom stereocenters. The van der Waals surface area contributed by atoms with Gasteiger partial charge in [0, 0.05) is 28.8 Å². The van der Waals surface area contributed by atoms with Crippen molar-refractivity contribution in [1.29, 1.82) is 0 Å². The summed E-state index contributed by atoms with van der Waals surface area (Å²) in [5.74, 6) is -0.746. The molecule has 10 heteroatoms. The first kappa shape index (κ1) is 18.2. The van der Waals surface area contributed by atoms with Crippen molar-refractivity contribution < 1.29 is 22.4 Å². The first-order valence-corrected chi connectivity index (χ1v) is 9.51. The van der Waals surface area contributed by atoms with Gasteiger partial charge in [0.2, 0.25) is 5.09 Å². The number of amides is 1. The molecule has 0 saturated carbocycles. The van der Waals surface area contributed by atoms with E-state index in [2.05, 4.69) is 5.32 Å². The Labute approximate surface area is 154 Å². The minimum absolute atomic E-state index is 0.136. The van der Waals surface area contributed by atoms with Crippen molar-refractivity contribution >= 4 is 44.8 Å². The van der Waals surface area contributed by atoms with Crippen molar-refractivity contribution in [2.24, 2.45) is 0 Å². The van der Waals surface area contributed by atoms with E-state index in [1.165, 1.54) is 34.6 Å². The smallest absolute Gasteiger partial charge is 0.291 e. The van der Waals surface area contributed by atoms with E-state index in [0.29, 0.717) is 28.9 Å². The molecule has 0 aliphatic carbocycles. The SMILES string of the molecule is O=C(Nc1cc(Cl)cc(Cl)c1)c1ccc(S(=O)(=O)N2CCOCC2)o1. The van der Waals surface area contributed by atoms with Crippen LogP contribution in [0.2, 0.25) is 10.0 Å². The maximum absolute atomic E-state index is 12.5. The Morgan fingerprint density at radius 2 is 1.72 bits per heavy atom. The second-order valence-electron chi connectivity index (χ2n) is 5.25. The predicted molar refractivity (Wildman–Crippen MR) is 92.7 cm³/mol. The highest BCUT2D eigenvalue weighted by Gasteiger charge is 2.30. The summed E-state index contributed by atoms with van der Waals surface area (Å²) in [4.78, 5) is 12.2. The van der Waals surface area contributed by atoms with E-state index >= 15 is 0 Å². The highest BCUT2D eigenvalue weighted by Crippen LogP contribution is 2.24. The van der Waals surface area contributed by atoms with Crippen LogP contribution in [0.5, 0.6) is 0 Å². The maximum atomic E-state index is 12.5. The maximum Gasteiger partial charge on any atom is 0.291 e. The van der Waals surface area contributed by atoms with E-state index in [1.54, 1.807) is 0 Å². The second kappa shape index (κ2) is 7.35. The third-order valence-electron chi connectivity index (χ3n) is 3.49. The van der Waals surface area contributed by atoms with E-state index in [4.69, 9.17) is 32.4 Å². The molecule has 1 aromatic heterocycles. The fourth-order valence-corrected chi connectivity index (χ4v) is 4.16. The third kappa shape index (κ3) is 4.16. The number of carbonyl (C=O) groups excluding carboxylic acids is 1. The molecule has 1 aliphatic rings. The van der Waals surface area contributed by atoms with Crippen LogP contribution in [0.1, 0.15) is 10.6 Å². The lowest BCUT2D eigenvalue weighted by Gasteiger charge is -2.24. The molecule has 0 atom stereocenters. The average molecular weight is 405 g/mol. The molecule has 2 aromatic rings. The second-order valence-corrected chi connectivity index (χ2v) is 7.99. The van der Waals surface area contributed by atoms with Crippen molar-refractivity contribution in [3.05, 3.63) is 46.1 Å². The molecule has 1 aliphatic heterocycles. The van der Waals surface area contributed by atoms with E-state index < -0.39 is 15.9 Å². The minimum Gasteiger partial charge on any atom is -0.438 e. The van der Waals surface area contributed by atoms with Gasteiger partial charge in [-0.1, -0.05) is 23.2 Å². The summed E-state index contributed by atoms with van der Waals surface area (Å²) in [5, 5.41) is 2.98. The quantitative estimate of drug-likeness (QED) is 0.845. The van der Waals surface area contributed by atoms with Crippen molar-refractivity contribution in [3.8, 4) is 0 Å². The fraction of sp³-hybridized carbons (Fsp3) is 0.267. The molecule has 7 nitrogen and oxygen atoms in total. The number of halogens is 2. The number of hydrogen-bond acceptors (Lipinski definition) is 5. The number of rotatable bonds is 4. The Kier molecular flexibility index (Phi) is 5.35. The molecule has 1 aromatic carbocycles. The molecule has 1 saturated heterocycles. The minimum atomic E-state index is -3.80. The number of carbonyl (C=O) groups is 1. The van der Waals surface area contributed by atoms with Gasteiger partial charge in [-0.2, -0.15) is 4.31 Å². The number of hydrogen-bond donors (Lipinski definition) is 1. The monoisotopic (exact) mass is 404 g/mol. The van der Waals surface area contributed by atoms with Crippen LogP contribution in [0.25, 0.3) is 0 Å².